The molecule has 0 saturated heterocycles. The Morgan fingerprint density at radius 3 is 2.80 bits per heavy atom. The van der Waals surface area contributed by atoms with Gasteiger partial charge < -0.3 is 10.4 Å². The highest BCUT2D eigenvalue weighted by Gasteiger charge is 2.29. The first kappa shape index (κ1) is 13.4. The van der Waals surface area contributed by atoms with Crippen molar-refractivity contribution in [3.05, 3.63) is 22.9 Å². The zero-order valence-corrected chi connectivity index (χ0v) is 11.8. The Hall–Kier alpha value is -1.60. The van der Waals surface area contributed by atoms with Gasteiger partial charge in [-0.25, -0.2) is 4.98 Å². The molecule has 0 bridgehead atoms. The molecular formula is C16H21N3O. The first-order valence-electron chi connectivity index (χ1n) is 7.59. The predicted octanol–water partition coefficient (Wildman–Crippen LogP) is 2.55. The number of nitrogens with zero attached hydrogens (tertiary/aromatic N) is 2. The number of hydrogen-bond donors (Lipinski definition) is 2. The van der Waals surface area contributed by atoms with Gasteiger partial charge in [0.2, 0.25) is 0 Å². The van der Waals surface area contributed by atoms with E-state index in [2.05, 4.69) is 16.4 Å². The minimum absolute atomic E-state index is 0.494. The van der Waals surface area contributed by atoms with Crippen LogP contribution in [0.5, 0.6) is 0 Å². The highest BCUT2D eigenvalue weighted by atomic mass is 16.3. The Labute approximate surface area is 119 Å². The smallest absolute Gasteiger partial charge is 0.144 e. The van der Waals surface area contributed by atoms with Gasteiger partial charge in [0.05, 0.1) is 11.2 Å². The summed E-state index contributed by atoms with van der Waals surface area (Å²) < 4.78 is 0. The first-order chi connectivity index (χ1) is 9.70. The number of rotatable bonds is 3. The van der Waals surface area contributed by atoms with Crippen molar-refractivity contribution < 1.29 is 5.11 Å². The molecule has 0 spiro atoms. The maximum atomic E-state index is 10.5. The zero-order valence-electron chi connectivity index (χ0n) is 11.8. The summed E-state index contributed by atoms with van der Waals surface area (Å²) >= 11 is 0. The Morgan fingerprint density at radius 2 is 2.05 bits per heavy atom. The number of nitriles is 1. The summed E-state index contributed by atoms with van der Waals surface area (Å²) in [5, 5.41) is 23.0. The van der Waals surface area contributed by atoms with Crippen molar-refractivity contribution in [2.24, 2.45) is 0 Å². The molecule has 1 saturated carbocycles. The highest BCUT2D eigenvalue weighted by molar-refractivity contribution is 5.55. The van der Waals surface area contributed by atoms with Gasteiger partial charge in [0.1, 0.15) is 11.9 Å². The third-order valence-corrected chi connectivity index (χ3v) is 4.54. The largest absolute Gasteiger partial charge is 0.388 e. The Kier molecular flexibility index (Phi) is 3.62. The average Bonchev–Trinajstić information content (AvgIpc) is 2.92. The summed E-state index contributed by atoms with van der Waals surface area (Å²) in [6, 6.07) is 4.18. The van der Waals surface area contributed by atoms with Crippen molar-refractivity contribution in [3.8, 4) is 6.07 Å². The standard InChI is InChI=1S/C16H21N3O/c17-10-13-9-12-5-4-6-14(12)19-15(13)18-11-16(20)7-2-1-3-8-16/h9,20H,1-8,11H2,(H,18,19). The maximum absolute atomic E-state index is 10.5. The molecule has 2 N–H and O–H groups in total. The van der Waals surface area contributed by atoms with Gasteiger partial charge in [0.25, 0.3) is 0 Å². The summed E-state index contributed by atoms with van der Waals surface area (Å²) in [6.07, 6.45) is 8.21. The van der Waals surface area contributed by atoms with E-state index in [9.17, 15) is 10.4 Å². The summed E-state index contributed by atoms with van der Waals surface area (Å²) in [7, 11) is 0. The van der Waals surface area contributed by atoms with Crippen LogP contribution in [-0.2, 0) is 12.8 Å². The molecule has 0 aromatic carbocycles. The molecule has 0 aliphatic heterocycles. The number of aromatic nitrogens is 1. The zero-order chi connectivity index (χ0) is 14.0. The molecular weight excluding hydrogens is 250 g/mol. The highest BCUT2D eigenvalue weighted by Crippen LogP contribution is 2.29. The second kappa shape index (κ2) is 5.41. The minimum atomic E-state index is -0.633. The topological polar surface area (TPSA) is 68.9 Å². The van der Waals surface area contributed by atoms with Crippen LogP contribution in [0.2, 0.25) is 0 Å². The van der Waals surface area contributed by atoms with Gasteiger partial charge in [-0.1, -0.05) is 19.3 Å². The Morgan fingerprint density at radius 1 is 1.25 bits per heavy atom. The van der Waals surface area contributed by atoms with Crippen molar-refractivity contribution in [1.29, 1.82) is 5.26 Å². The first-order valence-corrected chi connectivity index (χ1v) is 7.59. The molecule has 2 aliphatic rings. The summed E-state index contributed by atoms with van der Waals surface area (Å²) in [5.41, 5.74) is 2.29. The molecule has 4 nitrogen and oxygen atoms in total. The number of anilines is 1. The van der Waals surface area contributed by atoms with Crippen LogP contribution in [-0.4, -0.2) is 22.2 Å². The van der Waals surface area contributed by atoms with E-state index in [1.807, 2.05) is 6.07 Å². The number of hydrogen-bond acceptors (Lipinski definition) is 4. The molecule has 2 aliphatic carbocycles. The number of aryl methyl sites for hydroxylation is 2. The second-order valence-electron chi connectivity index (χ2n) is 6.09. The van der Waals surface area contributed by atoms with E-state index in [0.29, 0.717) is 17.9 Å². The molecule has 0 radical (unpaired) electrons. The molecule has 1 aromatic heterocycles. The number of nitrogens with one attached hydrogen (secondary N) is 1. The van der Waals surface area contributed by atoms with E-state index in [1.54, 1.807) is 0 Å². The van der Waals surface area contributed by atoms with Crippen LogP contribution >= 0.6 is 0 Å². The fourth-order valence-corrected chi connectivity index (χ4v) is 3.33. The molecule has 20 heavy (non-hydrogen) atoms. The van der Waals surface area contributed by atoms with Crippen LogP contribution < -0.4 is 5.32 Å². The number of aliphatic hydroxyl groups is 1. The van der Waals surface area contributed by atoms with Gasteiger partial charge in [0, 0.05) is 12.2 Å². The lowest BCUT2D eigenvalue weighted by atomic mass is 9.85. The van der Waals surface area contributed by atoms with Crippen molar-refractivity contribution in [2.75, 3.05) is 11.9 Å². The molecule has 1 aromatic rings. The van der Waals surface area contributed by atoms with Gasteiger partial charge >= 0.3 is 0 Å². The average molecular weight is 271 g/mol. The van der Waals surface area contributed by atoms with Gasteiger partial charge in [-0.15, -0.1) is 0 Å². The van der Waals surface area contributed by atoms with Crippen LogP contribution in [0.3, 0.4) is 0 Å². The van der Waals surface area contributed by atoms with E-state index in [-0.39, 0.29) is 0 Å². The van der Waals surface area contributed by atoms with E-state index in [0.717, 1.165) is 50.6 Å². The van der Waals surface area contributed by atoms with Crippen molar-refractivity contribution in [1.82, 2.24) is 4.98 Å². The van der Waals surface area contributed by atoms with E-state index >= 15 is 0 Å². The Bertz CT molecular complexity index is 541. The quantitative estimate of drug-likeness (QED) is 0.886. The maximum Gasteiger partial charge on any atom is 0.144 e. The van der Waals surface area contributed by atoms with Crippen molar-refractivity contribution >= 4 is 5.82 Å². The molecule has 106 valence electrons. The van der Waals surface area contributed by atoms with Crippen molar-refractivity contribution in [2.45, 2.75) is 57.0 Å². The predicted molar refractivity (Wildman–Crippen MR) is 77.5 cm³/mol. The van der Waals surface area contributed by atoms with Crippen LogP contribution in [0, 0.1) is 11.3 Å². The fraction of sp³-hybridized carbons (Fsp3) is 0.625. The molecule has 0 amide bonds. The van der Waals surface area contributed by atoms with E-state index < -0.39 is 5.60 Å². The summed E-state index contributed by atoms with van der Waals surface area (Å²) in [4.78, 5) is 4.59. The minimum Gasteiger partial charge on any atom is -0.388 e. The molecule has 0 atom stereocenters. The van der Waals surface area contributed by atoms with E-state index in [1.165, 1.54) is 12.0 Å². The Balaban J connectivity index is 1.75. The third kappa shape index (κ3) is 2.64. The SMILES string of the molecule is N#Cc1cc2c(nc1NCC1(O)CCCCC1)CCC2. The third-order valence-electron chi connectivity index (χ3n) is 4.54. The number of fused-ring (bicyclic) bond motifs is 1. The molecule has 3 rings (SSSR count). The van der Waals surface area contributed by atoms with Crippen LogP contribution in [0.25, 0.3) is 0 Å². The lowest BCUT2D eigenvalue weighted by molar-refractivity contribution is 0.0166. The van der Waals surface area contributed by atoms with Crippen LogP contribution in [0.15, 0.2) is 6.07 Å². The summed E-state index contributed by atoms with van der Waals surface area (Å²) in [6.45, 7) is 0.494. The normalized spacial score (nSPS) is 20.2. The fourth-order valence-electron chi connectivity index (χ4n) is 3.33. The van der Waals surface area contributed by atoms with Gasteiger partial charge in [0.15, 0.2) is 0 Å². The lowest BCUT2D eigenvalue weighted by Gasteiger charge is -2.32. The van der Waals surface area contributed by atoms with E-state index in [4.69, 9.17) is 0 Å². The molecule has 1 heterocycles. The molecule has 1 fully saturated rings. The van der Waals surface area contributed by atoms with Gasteiger partial charge in [-0.2, -0.15) is 5.26 Å². The van der Waals surface area contributed by atoms with Gasteiger partial charge in [-0.3, -0.25) is 0 Å². The molecule has 0 unspecified atom stereocenters. The lowest BCUT2D eigenvalue weighted by Crippen LogP contribution is -2.39. The molecule has 4 heteroatoms. The summed E-state index contributed by atoms with van der Waals surface area (Å²) in [5.74, 6) is 0.646. The van der Waals surface area contributed by atoms with Crippen molar-refractivity contribution in [3.63, 3.8) is 0 Å². The van der Waals surface area contributed by atoms with Crippen LogP contribution in [0.4, 0.5) is 5.82 Å². The monoisotopic (exact) mass is 271 g/mol. The van der Waals surface area contributed by atoms with Crippen LogP contribution in [0.1, 0.15) is 55.3 Å². The van der Waals surface area contributed by atoms with Gasteiger partial charge in [-0.05, 0) is 43.7 Å². The second-order valence-corrected chi connectivity index (χ2v) is 6.09. The number of pyridine rings is 1.